The zero-order valence-electron chi connectivity index (χ0n) is 10.4. The molecular weight excluding hydrogens is 270 g/mol. The van der Waals surface area contributed by atoms with Crippen molar-refractivity contribution in [2.75, 3.05) is 0 Å². The standard InChI is InChI=1S/C11H13N5O2.ClH/c1-16-6-7(5-13-16)8(17)9-14-10(15-18-9)11(12)3-2-4-11;/h5-6H,2-4,12H2,1H3;1H. The molecule has 3 rings (SSSR count). The summed E-state index contributed by atoms with van der Waals surface area (Å²) >= 11 is 0. The second-order valence-corrected chi connectivity index (χ2v) is 4.66. The molecule has 8 heteroatoms. The minimum Gasteiger partial charge on any atom is -0.330 e. The van der Waals surface area contributed by atoms with Gasteiger partial charge in [0.2, 0.25) is 0 Å². The van der Waals surface area contributed by atoms with Crippen LogP contribution in [0.3, 0.4) is 0 Å². The Morgan fingerprint density at radius 2 is 2.26 bits per heavy atom. The van der Waals surface area contributed by atoms with Crippen LogP contribution in [-0.2, 0) is 12.6 Å². The van der Waals surface area contributed by atoms with E-state index in [0.717, 1.165) is 19.3 Å². The van der Waals surface area contributed by atoms with E-state index in [4.69, 9.17) is 10.3 Å². The van der Waals surface area contributed by atoms with Gasteiger partial charge in [0.05, 0.1) is 17.3 Å². The number of hydrogen-bond acceptors (Lipinski definition) is 6. The van der Waals surface area contributed by atoms with Crippen LogP contribution in [0.25, 0.3) is 0 Å². The Balaban J connectivity index is 0.00000133. The second kappa shape index (κ2) is 4.75. The molecule has 2 N–H and O–H groups in total. The van der Waals surface area contributed by atoms with Crippen LogP contribution in [0.4, 0.5) is 0 Å². The van der Waals surface area contributed by atoms with E-state index in [1.54, 1.807) is 17.9 Å². The molecule has 0 atom stereocenters. The summed E-state index contributed by atoms with van der Waals surface area (Å²) in [5, 5.41) is 7.73. The monoisotopic (exact) mass is 283 g/mol. The highest BCUT2D eigenvalue weighted by Gasteiger charge is 2.39. The zero-order valence-corrected chi connectivity index (χ0v) is 11.2. The maximum atomic E-state index is 12.0. The number of nitrogens with zero attached hydrogens (tertiary/aromatic N) is 4. The van der Waals surface area contributed by atoms with Crippen LogP contribution in [0.1, 0.15) is 41.3 Å². The lowest BCUT2D eigenvalue weighted by atomic mass is 9.77. The Kier molecular flexibility index (Phi) is 3.42. The van der Waals surface area contributed by atoms with Gasteiger partial charge in [-0.05, 0) is 19.3 Å². The number of carbonyl (C=O) groups is 1. The quantitative estimate of drug-likeness (QED) is 0.836. The van der Waals surface area contributed by atoms with Crippen molar-refractivity contribution in [1.82, 2.24) is 19.9 Å². The summed E-state index contributed by atoms with van der Waals surface area (Å²) in [6.07, 6.45) is 5.78. The third-order valence-corrected chi connectivity index (χ3v) is 3.28. The Morgan fingerprint density at radius 1 is 1.53 bits per heavy atom. The predicted octanol–water partition coefficient (Wildman–Crippen LogP) is 0.794. The van der Waals surface area contributed by atoms with Gasteiger partial charge in [-0.3, -0.25) is 9.48 Å². The minimum atomic E-state index is -0.517. The van der Waals surface area contributed by atoms with Crippen LogP contribution in [0.5, 0.6) is 0 Å². The molecular formula is C11H14ClN5O2. The van der Waals surface area contributed by atoms with E-state index in [-0.39, 0.29) is 24.1 Å². The number of rotatable bonds is 3. The van der Waals surface area contributed by atoms with Gasteiger partial charge in [-0.1, -0.05) is 5.16 Å². The molecule has 0 radical (unpaired) electrons. The number of halogens is 1. The van der Waals surface area contributed by atoms with Gasteiger partial charge in [0.25, 0.3) is 11.7 Å². The van der Waals surface area contributed by atoms with Crippen LogP contribution < -0.4 is 5.73 Å². The first-order valence-corrected chi connectivity index (χ1v) is 5.75. The Labute approximate surface area is 115 Å². The topological polar surface area (TPSA) is 99.8 Å². The van der Waals surface area contributed by atoms with Crippen molar-refractivity contribution in [3.05, 3.63) is 29.7 Å². The van der Waals surface area contributed by atoms with Crippen LogP contribution in [0, 0.1) is 0 Å². The van der Waals surface area contributed by atoms with Gasteiger partial charge >= 0.3 is 0 Å². The van der Waals surface area contributed by atoms with Crippen molar-refractivity contribution in [3.63, 3.8) is 0 Å². The molecule has 0 spiro atoms. The zero-order chi connectivity index (χ0) is 12.8. The van der Waals surface area contributed by atoms with E-state index >= 15 is 0 Å². The summed E-state index contributed by atoms with van der Waals surface area (Å²) in [6.45, 7) is 0. The van der Waals surface area contributed by atoms with Crippen molar-refractivity contribution in [2.24, 2.45) is 12.8 Å². The van der Waals surface area contributed by atoms with Crippen molar-refractivity contribution < 1.29 is 9.32 Å². The molecule has 0 saturated heterocycles. The average molecular weight is 284 g/mol. The molecule has 2 aromatic heterocycles. The van der Waals surface area contributed by atoms with E-state index in [0.29, 0.717) is 11.4 Å². The Morgan fingerprint density at radius 3 is 2.79 bits per heavy atom. The fourth-order valence-electron chi connectivity index (χ4n) is 1.96. The normalized spacial score (nSPS) is 16.5. The van der Waals surface area contributed by atoms with Gasteiger partial charge in [-0.15, -0.1) is 12.4 Å². The van der Waals surface area contributed by atoms with E-state index in [9.17, 15) is 4.79 Å². The summed E-state index contributed by atoms with van der Waals surface area (Å²) in [5.74, 6) is 0.0560. The summed E-state index contributed by atoms with van der Waals surface area (Å²) in [6, 6.07) is 0. The van der Waals surface area contributed by atoms with Crippen molar-refractivity contribution in [2.45, 2.75) is 24.8 Å². The average Bonchev–Trinajstić information content (AvgIpc) is 2.93. The molecule has 0 aliphatic heterocycles. The molecule has 1 fully saturated rings. The first kappa shape index (κ1) is 13.7. The highest BCUT2D eigenvalue weighted by Crippen LogP contribution is 2.36. The highest BCUT2D eigenvalue weighted by atomic mass is 35.5. The molecule has 102 valence electrons. The maximum absolute atomic E-state index is 12.0. The van der Waals surface area contributed by atoms with Crippen LogP contribution in [-0.4, -0.2) is 25.7 Å². The molecule has 0 bridgehead atoms. The van der Waals surface area contributed by atoms with E-state index in [1.165, 1.54) is 6.20 Å². The summed E-state index contributed by atoms with van der Waals surface area (Å²) < 4.78 is 6.53. The lowest BCUT2D eigenvalue weighted by molar-refractivity contribution is 0.0994. The summed E-state index contributed by atoms with van der Waals surface area (Å²) in [4.78, 5) is 16.1. The van der Waals surface area contributed by atoms with Crippen LogP contribution in [0.15, 0.2) is 16.9 Å². The first-order chi connectivity index (χ1) is 8.58. The second-order valence-electron chi connectivity index (χ2n) is 4.66. The van der Waals surface area contributed by atoms with Crippen molar-refractivity contribution >= 4 is 18.2 Å². The number of nitrogens with two attached hydrogens (primary N) is 1. The lowest BCUT2D eigenvalue weighted by Crippen LogP contribution is -2.44. The van der Waals surface area contributed by atoms with E-state index in [1.807, 2.05) is 0 Å². The van der Waals surface area contributed by atoms with Crippen molar-refractivity contribution in [3.8, 4) is 0 Å². The molecule has 2 aromatic rings. The number of aryl methyl sites for hydroxylation is 1. The highest BCUT2D eigenvalue weighted by molar-refractivity contribution is 6.05. The molecule has 1 saturated carbocycles. The number of carbonyl (C=O) groups excluding carboxylic acids is 1. The van der Waals surface area contributed by atoms with Crippen LogP contribution in [0.2, 0.25) is 0 Å². The van der Waals surface area contributed by atoms with E-state index < -0.39 is 5.54 Å². The largest absolute Gasteiger partial charge is 0.330 e. The smallest absolute Gasteiger partial charge is 0.299 e. The number of hydrogen-bond donors (Lipinski definition) is 1. The van der Waals surface area contributed by atoms with Gasteiger partial charge in [0, 0.05) is 13.2 Å². The lowest BCUT2D eigenvalue weighted by Gasteiger charge is -2.34. The minimum absolute atomic E-state index is 0. The first-order valence-electron chi connectivity index (χ1n) is 5.75. The van der Waals surface area contributed by atoms with Crippen molar-refractivity contribution in [1.29, 1.82) is 0 Å². The SMILES string of the molecule is Cl.Cn1cc(C(=O)c2nc(C3(N)CCC3)no2)cn1. The van der Waals surface area contributed by atoms with Gasteiger partial charge < -0.3 is 10.3 Å². The van der Waals surface area contributed by atoms with Gasteiger partial charge in [-0.25, -0.2) is 0 Å². The number of ketones is 1. The molecule has 0 amide bonds. The molecule has 1 aliphatic carbocycles. The number of aromatic nitrogens is 4. The van der Waals surface area contributed by atoms with Gasteiger partial charge in [0.1, 0.15) is 0 Å². The summed E-state index contributed by atoms with van der Waals surface area (Å²) in [5.41, 5.74) is 5.97. The van der Waals surface area contributed by atoms with Gasteiger partial charge in [0.15, 0.2) is 5.82 Å². The molecule has 0 aromatic carbocycles. The summed E-state index contributed by atoms with van der Waals surface area (Å²) in [7, 11) is 1.74. The molecule has 0 unspecified atom stereocenters. The van der Waals surface area contributed by atoms with E-state index in [2.05, 4.69) is 15.2 Å². The van der Waals surface area contributed by atoms with Gasteiger partial charge in [-0.2, -0.15) is 10.1 Å². The molecule has 19 heavy (non-hydrogen) atoms. The fourth-order valence-corrected chi connectivity index (χ4v) is 1.96. The molecule has 7 nitrogen and oxygen atoms in total. The maximum Gasteiger partial charge on any atom is 0.299 e. The third-order valence-electron chi connectivity index (χ3n) is 3.28. The third kappa shape index (κ3) is 2.26. The molecule has 1 aliphatic rings. The molecule has 2 heterocycles. The Bertz CT molecular complexity index is 602. The predicted molar refractivity (Wildman–Crippen MR) is 67.9 cm³/mol. The fraction of sp³-hybridized carbons (Fsp3) is 0.455. The Hall–Kier alpha value is -1.73. The van der Waals surface area contributed by atoms with Crippen LogP contribution >= 0.6 is 12.4 Å².